The Bertz CT molecular complexity index is 369. The molecule has 0 saturated carbocycles. The van der Waals surface area contributed by atoms with Gasteiger partial charge in [-0.2, -0.15) is 0 Å². The number of nitro benzene ring substituents is 1. The van der Waals surface area contributed by atoms with Crippen LogP contribution in [-0.2, 0) is 6.54 Å². The van der Waals surface area contributed by atoms with Gasteiger partial charge in [-0.3, -0.25) is 15.0 Å². The molecule has 0 unspecified atom stereocenters. The first-order chi connectivity index (χ1) is 8.19. The van der Waals surface area contributed by atoms with Crippen LogP contribution in [0.25, 0.3) is 0 Å². The molecule has 0 spiro atoms. The Morgan fingerprint density at radius 1 is 1.41 bits per heavy atom. The molecule has 0 aliphatic carbocycles. The summed E-state index contributed by atoms with van der Waals surface area (Å²) in [7, 11) is 0. The number of nitrogens with zero attached hydrogens (tertiary/aromatic N) is 2. The van der Waals surface area contributed by atoms with Crippen LogP contribution in [0.5, 0.6) is 0 Å². The number of para-hydroxylation sites is 1. The first kappa shape index (κ1) is 13.6. The van der Waals surface area contributed by atoms with E-state index in [9.17, 15) is 10.1 Å². The Morgan fingerprint density at radius 2 is 2.12 bits per heavy atom. The largest absolute Gasteiger partial charge is 0.396 e. The maximum absolute atomic E-state index is 10.9. The van der Waals surface area contributed by atoms with Crippen LogP contribution in [-0.4, -0.2) is 34.6 Å². The molecule has 1 aromatic carbocycles. The van der Waals surface area contributed by atoms with Crippen molar-refractivity contribution < 1.29 is 10.0 Å². The molecule has 1 aromatic rings. The van der Waals surface area contributed by atoms with Gasteiger partial charge in [-0.1, -0.05) is 25.1 Å². The lowest BCUT2D eigenvalue weighted by Gasteiger charge is -2.19. The molecule has 5 heteroatoms. The predicted octanol–water partition coefficient (Wildman–Crippen LogP) is 1.80. The van der Waals surface area contributed by atoms with Gasteiger partial charge in [0.15, 0.2) is 0 Å². The van der Waals surface area contributed by atoms with E-state index in [4.69, 9.17) is 5.11 Å². The minimum Gasteiger partial charge on any atom is -0.396 e. The van der Waals surface area contributed by atoms with Gasteiger partial charge in [0.2, 0.25) is 0 Å². The van der Waals surface area contributed by atoms with E-state index < -0.39 is 0 Å². The standard InChI is InChI=1S/C12H18N2O3/c1-2-13(8-5-9-15)10-11-6-3-4-7-12(11)14(16)17/h3-4,6-7,15H,2,5,8-10H2,1H3. The minimum atomic E-state index is -0.352. The number of hydrogen-bond donors (Lipinski definition) is 1. The number of rotatable bonds is 7. The van der Waals surface area contributed by atoms with Gasteiger partial charge in [-0.05, 0) is 13.0 Å². The fraction of sp³-hybridized carbons (Fsp3) is 0.500. The molecule has 17 heavy (non-hydrogen) atoms. The van der Waals surface area contributed by atoms with Crippen molar-refractivity contribution in [1.29, 1.82) is 0 Å². The molecule has 0 heterocycles. The number of aliphatic hydroxyl groups excluding tert-OH is 1. The topological polar surface area (TPSA) is 66.6 Å². The zero-order valence-electron chi connectivity index (χ0n) is 10.0. The molecule has 0 amide bonds. The van der Waals surface area contributed by atoms with Crippen LogP contribution < -0.4 is 0 Å². The molecular formula is C12H18N2O3. The Kier molecular flexibility index (Phi) is 5.59. The molecule has 5 nitrogen and oxygen atoms in total. The molecule has 0 atom stereocenters. The van der Waals surface area contributed by atoms with Gasteiger partial charge >= 0.3 is 0 Å². The summed E-state index contributed by atoms with van der Waals surface area (Å²) < 4.78 is 0. The van der Waals surface area contributed by atoms with Crippen molar-refractivity contribution in [3.8, 4) is 0 Å². The van der Waals surface area contributed by atoms with Gasteiger partial charge in [0, 0.05) is 31.3 Å². The number of nitro groups is 1. The molecule has 0 aromatic heterocycles. The second-order valence-corrected chi connectivity index (χ2v) is 3.83. The fourth-order valence-electron chi connectivity index (χ4n) is 1.71. The molecule has 1 rings (SSSR count). The molecule has 0 aliphatic rings. The van der Waals surface area contributed by atoms with Gasteiger partial charge in [0.05, 0.1) is 4.92 Å². The van der Waals surface area contributed by atoms with Gasteiger partial charge in [0.1, 0.15) is 0 Å². The van der Waals surface area contributed by atoms with Crippen LogP contribution in [0, 0.1) is 10.1 Å². The highest BCUT2D eigenvalue weighted by molar-refractivity contribution is 5.39. The van der Waals surface area contributed by atoms with E-state index in [1.54, 1.807) is 12.1 Å². The normalized spacial score (nSPS) is 10.8. The number of benzene rings is 1. The number of aliphatic hydroxyl groups is 1. The maximum atomic E-state index is 10.9. The lowest BCUT2D eigenvalue weighted by atomic mass is 10.1. The van der Waals surface area contributed by atoms with E-state index in [-0.39, 0.29) is 17.2 Å². The minimum absolute atomic E-state index is 0.146. The SMILES string of the molecule is CCN(CCCO)Cc1ccccc1[N+](=O)[O-]. The summed E-state index contributed by atoms with van der Waals surface area (Å²) in [5, 5.41) is 19.6. The van der Waals surface area contributed by atoms with Crippen molar-refractivity contribution in [3.63, 3.8) is 0 Å². The van der Waals surface area contributed by atoms with Crippen LogP contribution in [0.1, 0.15) is 18.9 Å². The molecule has 0 bridgehead atoms. The molecule has 0 saturated heterocycles. The molecule has 0 fully saturated rings. The molecule has 1 N–H and O–H groups in total. The van der Waals surface area contributed by atoms with Crippen molar-refractivity contribution >= 4 is 5.69 Å². The number of hydrogen-bond acceptors (Lipinski definition) is 4. The summed E-state index contributed by atoms with van der Waals surface area (Å²) in [4.78, 5) is 12.6. The Balaban J connectivity index is 2.75. The Morgan fingerprint density at radius 3 is 2.71 bits per heavy atom. The molecular weight excluding hydrogens is 220 g/mol. The maximum Gasteiger partial charge on any atom is 0.273 e. The van der Waals surface area contributed by atoms with E-state index in [1.165, 1.54) is 6.07 Å². The van der Waals surface area contributed by atoms with Crippen molar-refractivity contribution in [2.45, 2.75) is 19.9 Å². The summed E-state index contributed by atoms with van der Waals surface area (Å²) in [6, 6.07) is 6.78. The van der Waals surface area contributed by atoms with Crippen molar-refractivity contribution in [1.82, 2.24) is 4.90 Å². The smallest absolute Gasteiger partial charge is 0.273 e. The zero-order chi connectivity index (χ0) is 12.7. The van der Waals surface area contributed by atoms with E-state index >= 15 is 0 Å². The average molecular weight is 238 g/mol. The van der Waals surface area contributed by atoms with E-state index in [2.05, 4.69) is 4.90 Å². The van der Waals surface area contributed by atoms with Crippen LogP contribution in [0.15, 0.2) is 24.3 Å². The summed E-state index contributed by atoms with van der Waals surface area (Å²) >= 11 is 0. The van der Waals surface area contributed by atoms with E-state index in [0.29, 0.717) is 13.0 Å². The average Bonchev–Trinajstić information content (AvgIpc) is 2.34. The quantitative estimate of drug-likeness (QED) is 0.581. The van der Waals surface area contributed by atoms with Crippen LogP contribution in [0.2, 0.25) is 0 Å². The van der Waals surface area contributed by atoms with Gasteiger partial charge in [-0.15, -0.1) is 0 Å². The Labute approximate surface area is 101 Å². The highest BCUT2D eigenvalue weighted by Gasteiger charge is 2.14. The van der Waals surface area contributed by atoms with Gasteiger partial charge in [-0.25, -0.2) is 0 Å². The monoisotopic (exact) mass is 238 g/mol. The molecule has 0 aliphatic heterocycles. The third kappa shape index (κ3) is 4.13. The molecule has 0 radical (unpaired) electrons. The van der Waals surface area contributed by atoms with Gasteiger partial charge < -0.3 is 5.11 Å². The Hall–Kier alpha value is -1.46. The van der Waals surface area contributed by atoms with Crippen LogP contribution >= 0.6 is 0 Å². The second kappa shape index (κ2) is 6.98. The second-order valence-electron chi connectivity index (χ2n) is 3.83. The van der Waals surface area contributed by atoms with Crippen molar-refractivity contribution in [2.75, 3.05) is 19.7 Å². The summed E-state index contributed by atoms with van der Waals surface area (Å²) in [6.07, 6.45) is 0.689. The lowest BCUT2D eigenvalue weighted by Crippen LogP contribution is -2.25. The van der Waals surface area contributed by atoms with Crippen LogP contribution in [0.3, 0.4) is 0 Å². The summed E-state index contributed by atoms with van der Waals surface area (Å²) in [5.41, 5.74) is 0.882. The van der Waals surface area contributed by atoms with Gasteiger partial charge in [0.25, 0.3) is 5.69 Å². The van der Waals surface area contributed by atoms with E-state index in [1.807, 2.05) is 13.0 Å². The summed E-state index contributed by atoms with van der Waals surface area (Å²) in [5.74, 6) is 0. The summed E-state index contributed by atoms with van der Waals surface area (Å²) in [6.45, 7) is 4.26. The third-order valence-electron chi connectivity index (χ3n) is 2.66. The molecule has 94 valence electrons. The first-order valence-electron chi connectivity index (χ1n) is 5.74. The fourth-order valence-corrected chi connectivity index (χ4v) is 1.71. The first-order valence-corrected chi connectivity index (χ1v) is 5.74. The van der Waals surface area contributed by atoms with Crippen LogP contribution in [0.4, 0.5) is 5.69 Å². The van der Waals surface area contributed by atoms with E-state index in [0.717, 1.165) is 18.7 Å². The zero-order valence-corrected chi connectivity index (χ0v) is 10.0. The van der Waals surface area contributed by atoms with Crippen molar-refractivity contribution in [2.24, 2.45) is 0 Å². The predicted molar refractivity (Wildman–Crippen MR) is 65.8 cm³/mol. The highest BCUT2D eigenvalue weighted by Crippen LogP contribution is 2.19. The lowest BCUT2D eigenvalue weighted by molar-refractivity contribution is -0.385. The highest BCUT2D eigenvalue weighted by atomic mass is 16.6. The van der Waals surface area contributed by atoms with Crippen molar-refractivity contribution in [3.05, 3.63) is 39.9 Å². The third-order valence-corrected chi connectivity index (χ3v) is 2.66.